The molecule has 1 heterocycles. The van der Waals surface area contributed by atoms with Gasteiger partial charge in [0.05, 0.1) is 6.61 Å². The number of benzene rings is 1. The van der Waals surface area contributed by atoms with Crippen LogP contribution < -0.4 is 10.6 Å². The summed E-state index contributed by atoms with van der Waals surface area (Å²) in [7, 11) is 0. The number of hydrogen-bond donors (Lipinski definition) is 2. The second kappa shape index (κ2) is 7.87. The van der Waals surface area contributed by atoms with Gasteiger partial charge in [-0.2, -0.15) is 0 Å². The lowest BCUT2D eigenvalue weighted by Gasteiger charge is -2.10. The third-order valence-corrected chi connectivity index (χ3v) is 2.98. The molecule has 1 aromatic heterocycles. The minimum atomic E-state index is -0.562. The largest absolute Gasteiger partial charge is 0.462 e. The lowest BCUT2D eigenvalue weighted by molar-refractivity contribution is -0.114. The smallest absolute Gasteiger partial charge is 0.341 e. The molecule has 7 heteroatoms. The highest BCUT2D eigenvalue weighted by atomic mass is 16.5. The van der Waals surface area contributed by atoms with Gasteiger partial charge in [-0.1, -0.05) is 6.07 Å². The topological polar surface area (TPSA) is 97.4 Å². The highest BCUT2D eigenvalue weighted by molar-refractivity contribution is 6.07. The van der Waals surface area contributed by atoms with E-state index in [0.29, 0.717) is 11.3 Å². The maximum atomic E-state index is 12.4. The Morgan fingerprint density at radius 2 is 1.92 bits per heavy atom. The molecule has 0 spiro atoms. The van der Waals surface area contributed by atoms with Gasteiger partial charge in [0.25, 0.3) is 5.91 Å². The number of amides is 2. The van der Waals surface area contributed by atoms with Crippen LogP contribution >= 0.6 is 0 Å². The summed E-state index contributed by atoms with van der Waals surface area (Å²) in [5, 5.41) is 5.18. The number of anilines is 2. The number of nitrogens with zero attached hydrogens (tertiary/aromatic N) is 1. The van der Waals surface area contributed by atoms with Gasteiger partial charge in [-0.15, -0.1) is 0 Å². The molecule has 0 unspecified atom stereocenters. The molecule has 0 atom stereocenters. The van der Waals surface area contributed by atoms with Crippen molar-refractivity contribution in [3.8, 4) is 0 Å². The van der Waals surface area contributed by atoms with Gasteiger partial charge >= 0.3 is 5.97 Å². The third kappa shape index (κ3) is 4.39. The van der Waals surface area contributed by atoms with Crippen molar-refractivity contribution in [1.82, 2.24) is 4.98 Å². The van der Waals surface area contributed by atoms with Crippen LogP contribution in [0.2, 0.25) is 0 Å². The fourth-order valence-corrected chi connectivity index (χ4v) is 2.00. The van der Waals surface area contributed by atoms with Crippen LogP contribution in [0.15, 0.2) is 42.6 Å². The first-order valence-corrected chi connectivity index (χ1v) is 7.32. The first-order chi connectivity index (χ1) is 11.5. The number of pyridine rings is 1. The number of rotatable bonds is 5. The number of hydrogen-bond acceptors (Lipinski definition) is 5. The Morgan fingerprint density at radius 3 is 2.62 bits per heavy atom. The average molecular weight is 327 g/mol. The van der Waals surface area contributed by atoms with Crippen LogP contribution in [-0.2, 0) is 9.53 Å². The Bertz CT molecular complexity index is 774. The predicted octanol–water partition coefficient (Wildman–Crippen LogP) is 2.47. The van der Waals surface area contributed by atoms with Crippen molar-refractivity contribution in [3.05, 3.63) is 53.7 Å². The van der Waals surface area contributed by atoms with Crippen LogP contribution in [0, 0.1) is 0 Å². The molecule has 24 heavy (non-hydrogen) atoms. The summed E-state index contributed by atoms with van der Waals surface area (Å²) in [6, 6.07) is 9.54. The average Bonchev–Trinajstić information content (AvgIpc) is 2.55. The van der Waals surface area contributed by atoms with Gasteiger partial charge in [0.15, 0.2) is 0 Å². The molecule has 2 rings (SSSR count). The molecule has 0 fully saturated rings. The van der Waals surface area contributed by atoms with E-state index in [1.54, 1.807) is 31.2 Å². The van der Waals surface area contributed by atoms with E-state index < -0.39 is 11.9 Å². The van der Waals surface area contributed by atoms with Crippen molar-refractivity contribution in [3.63, 3.8) is 0 Å². The van der Waals surface area contributed by atoms with E-state index >= 15 is 0 Å². The molecule has 7 nitrogen and oxygen atoms in total. The molecule has 0 aliphatic carbocycles. The lowest BCUT2D eigenvalue weighted by Crippen LogP contribution is -2.17. The summed E-state index contributed by atoms with van der Waals surface area (Å²) < 4.78 is 4.94. The Kier molecular flexibility index (Phi) is 5.62. The highest BCUT2D eigenvalue weighted by Crippen LogP contribution is 2.16. The fraction of sp³-hybridized carbons (Fsp3) is 0.176. The van der Waals surface area contributed by atoms with Gasteiger partial charge in [-0.05, 0) is 37.3 Å². The lowest BCUT2D eigenvalue weighted by atomic mass is 10.1. The molecule has 2 aromatic rings. The molecule has 1 aromatic carbocycles. The molecule has 0 aliphatic rings. The van der Waals surface area contributed by atoms with Crippen molar-refractivity contribution in [2.75, 3.05) is 17.2 Å². The van der Waals surface area contributed by atoms with Crippen LogP contribution in [0.1, 0.15) is 34.6 Å². The molecule has 2 N–H and O–H groups in total. The summed E-state index contributed by atoms with van der Waals surface area (Å²) in [4.78, 5) is 39.4. The Hall–Kier alpha value is -3.22. The van der Waals surface area contributed by atoms with Gasteiger partial charge in [-0.3, -0.25) is 9.59 Å². The normalized spacial score (nSPS) is 9.92. The summed E-state index contributed by atoms with van der Waals surface area (Å²) in [5.74, 6) is -1.13. The predicted molar refractivity (Wildman–Crippen MR) is 88.9 cm³/mol. The van der Waals surface area contributed by atoms with Crippen molar-refractivity contribution in [1.29, 1.82) is 0 Å². The van der Waals surface area contributed by atoms with Crippen LogP contribution in [0.25, 0.3) is 0 Å². The summed E-state index contributed by atoms with van der Waals surface area (Å²) in [6.45, 7) is 3.30. The number of carbonyl (C=O) groups excluding carboxylic acids is 3. The zero-order valence-electron chi connectivity index (χ0n) is 13.3. The van der Waals surface area contributed by atoms with Crippen LogP contribution in [0.3, 0.4) is 0 Å². The van der Waals surface area contributed by atoms with Gasteiger partial charge in [0.1, 0.15) is 11.4 Å². The first-order valence-electron chi connectivity index (χ1n) is 7.32. The summed E-state index contributed by atoms with van der Waals surface area (Å²) >= 11 is 0. The molecular weight excluding hydrogens is 310 g/mol. The molecule has 0 radical (unpaired) electrons. The van der Waals surface area contributed by atoms with E-state index in [0.717, 1.165) is 0 Å². The van der Waals surface area contributed by atoms with Gasteiger partial charge in [0.2, 0.25) is 5.91 Å². The van der Waals surface area contributed by atoms with Crippen molar-refractivity contribution < 1.29 is 19.1 Å². The number of esters is 1. The third-order valence-electron chi connectivity index (χ3n) is 2.98. The molecule has 0 bridgehead atoms. The minimum Gasteiger partial charge on any atom is -0.462 e. The number of nitrogens with one attached hydrogen (secondary N) is 2. The van der Waals surface area contributed by atoms with E-state index in [9.17, 15) is 14.4 Å². The second-order valence-corrected chi connectivity index (χ2v) is 4.84. The first kappa shape index (κ1) is 17.1. The maximum absolute atomic E-state index is 12.4. The van der Waals surface area contributed by atoms with E-state index in [1.165, 1.54) is 25.3 Å². The van der Waals surface area contributed by atoms with Crippen molar-refractivity contribution >= 4 is 29.3 Å². The van der Waals surface area contributed by atoms with E-state index in [-0.39, 0.29) is 23.9 Å². The van der Waals surface area contributed by atoms with Crippen LogP contribution in [0.4, 0.5) is 11.5 Å². The van der Waals surface area contributed by atoms with Gasteiger partial charge in [-0.25, -0.2) is 9.78 Å². The van der Waals surface area contributed by atoms with Crippen molar-refractivity contribution in [2.45, 2.75) is 13.8 Å². The zero-order valence-corrected chi connectivity index (χ0v) is 13.3. The highest BCUT2D eigenvalue weighted by Gasteiger charge is 2.16. The Labute approximate surface area is 139 Å². The van der Waals surface area contributed by atoms with E-state index in [4.69, 9.17) is 4.74 Å². The Balaban J connectivity index is 2.21. The maximum Gasteiger partial charge on any atom is 0.341 e. The SMILES string of the molecule is CCOC(=O)c1cccnc1NC(=O)c1cccc(NC(C)=O)c1. The van der Waals surface area contributed by atoms with Crippen LogP contribution in [-0.4, -0.2) is 29.4 Å². The van der Waals surface area contributed by atoms with Crippen LogP contribution in [0.5, 0.6) is 0 Å². The summed E-state index contributed by atoms with van der Waals surface area (Å²) in [6.07, 6.45) is 1.46. The fourth-order valence-electron chi connectivity index (χ4n) is 2.00. The van der Waals surface area contributed by atoms with Gasteiger partial charge < -0.3 is 15.4 Å². The van der Waals surface area contributed by atoms with Gasteiger partial charge in [0, 0.05) is 24.4 Å². The number of carbonyl (C=O) groups is 3. The molecule has 0 saturated carbocycles. The standard InChI is InChI=1S/C17H17N3O4/c1-3-24-17(23)14-8-5-9-18-15(14)20-16(22)12-6-4-7-13(10-12)19-11(2)21/h4-10H,3H2,1-2H3,(H,19,21)(H,18,20,22). The number of aromatic nitrogens is 1. The Morgan fingerprint density at radius 1 is 1.12 bits per heavy atom. The molecule has 124 valence electrons. The van der Waals surface area contributed by atoms with E-state index in [2.05, 4.69) is 15.6 Å². The minimum absolute atomic E-state index is 0.117. The van der Waals surface area contributed by atoms with Crippen molar-refractivity contribution in [2.24, 2.45) is 0 Å². The zero-order chi connectivity index (χ0) is 17.5. The molecular formula is C17H17N3O4. The molecule has 0 saturated heterocycles. The molecule has 2 amide bonds. The second-order valence-electron chi connectivity index (χ2n) is 4.84. The number of ether oxygens (including phenoxy) is 1. The molecule has 0 aliphatic heterocycles. The summed E-state index contributed by atoms with van der Waals surface area (Å²) in [5.41, 5.74) is 0.995. The monoisotopic (exact) mass is 327 g/mol. The van der Waals surface area contributed by atoms with E-state index in [1.807, 2.05) is 0 Å². The quantitative estimate of drug-likeness (QED) is 0.822.